The molecule has 2 N–H and O–H groups in total. The van der Waals surface area contributed by atoms with E-state index in [0.29, 0.717) is 19.3 Å². The van der Waals surface area contributed by atoms with Gasteiger partial charge in [0.1, 0.15) is 0 Å². The minimum atomic E-state index is -4.21. The van der Waals surface area contributed by atoms with Gasteiger partial charge in [-0.05, 0) is 26.2 Å². The molecule has 0 aliphatic heterocycles. The van der Waals surface area contributed by atoms with Gasteiger partial charge in [0.05, 0.1) is 12.7 Å². The highest BCUT2D eigenvalue weighted by molar-refractivity contribution is 7.83. The van der Waals surface area contributed by atoms with Crippen molar-refractivity contribution in [2.45, 2.75) is 44.6 Å². The van der Waals surface area contributed by atoms with Crippen molar-refractivity contribution in [3.8, 4) is 0 Å². The number of hydrogen-bond donors (Lipinski definition) is 2. The standard InChI is InChI=1S/C10H19F2NO4S/c1-10(11,12)8-3-2-4-9(7-8)17-6-5-13-18(14,15)16/h8-9,13H,2-7H2,1H3,(H,14,15,16). The monoisotopic (exact) mass is 287 g/mol. The van der Waals surface area contributed by atoms with E-state index in [1.54, 1.807) is 0 Å². The van der Waals surface area contributed by atoms with Crippen LogP contribution in [0.25, 0.3) is 0 Å². The summed E-state index contributed by atoms with van der Waals surface area (Å²) in [5.41, 5.74) is 0. The number of ether oxygens (including phenoxy) is 1. The van der Waals surface area contributed by atoms with Gasteiger partial charge in [-0.25, -0.2) is 8.78 Å². The second-order valence-electron chi connectivity index (χ2n) is 4.68. The zero-order valence-electron chi connectivity index (χ0n) is 10.2. The van der Waals surface area contributed by atoms with Gasteiger partial charge in [0.25, 0.3) is 0 Å². The molecular formula is C10H19F2NO4S. The molecule has 2 unspecified atom stereocenters. The van der Waals surface area contributed by atoms with Crippen molar-refractivity contribution >= 4 is 10.3 Å². The molecule has 0 radical (unpaired) electrons. The average molecular weight is 287 g/mol. The van der Waals surface area contributed by atoms with Crippen LogP contribution in [0.15, 0.2) is 0 Å². The summed E-state index contributed by atoms with van der Waals surface area (Å²) in [4.78, 5) is 0. The predicted octanol–water partition coefficient (Wildman–Crippen LogP) is 1.61. The van der Waals surface area contributed by atoms with Crippen molar-refractivity contribution in [1.82, 2.24) is 4.72 Å². The highest BCUT2D eigenvalue weighted by Crippen LogP contribution is 2.37. The summed E-state index contributed by atoms with van der Waals surface area (Å²) in [6.45, 7) is 0.912. The van der Waals surface area contributed by atoms with E-state index < -0.39 is 22.1 Å². The van der Waals surface area contributed by atoms with Gasteiger partial charge in [0.15, 0.2) is 0 Å². The van der Waals surface area contributed by atoms with Crippen molar-refractivity contribution in [1.29, 1.82) is 0 Å². The Morgan fingerprint density at radius 2 is 2.11 bits per heavy atom. The average Bonchev–Trinajstić information content (AvgIpc) is 2.22. The molecular weight excluding hydrogens is 268 g/mol. The quantitative estimate of drug-likeness (QED) is 0.575. The normalized spacial score (nSPS) is 26.2. The maximum atomic E-state index is 13.1. The van der Waals surface area contributed by atoms with Crippen molar-refractivity contribution in [2.24, 2.45) is 5.92 Å². The molecule has 0 amide bonds. The fraction of sp³-hybridized carbons (Fsp3) is 1.00. The number of rotatable bonds is 6. The summed E-state index contributed by atoms with van der Waals surface area (Å²) in [5.74, 6) is -3.37. The van der Waals surface area contributed by atoms with E-state index >= 15 is 0 Å². The Kier molecular flexibility index (Phi) is 5.45. The van der Waals surface area contributed by atoms with Crippen LogP contribution in [0.3, 0.4) is 0 Å². The number of halogens is 2. The lowest BCUT2D eigenvalue weighted by Gasteiger charge is -2.32. The second-order valence-corrected chi connectivity index (χ2v) is 5.92. The van der Waals surface area contributed by atoms with Gasteiger partial charge in [-0.15, -0.1) is 0 Å². The zero-order chi connectivity index (χ0) is 13.8. The maximum absolute atomic E-state index is 13.1. The van der Waals surface area contributed by atoms with Crippen molar-refractivity contribution < 1.29 is 26.5 Å². The summed E-state index contributed by atoms with van der Waals surface area (Å²) in [7, 11) is -4.21. The highest BCUT2D eigenvalue weighted by atomic mass is 32.2. The van der Waals surface area contributed by atoms with Gasteiger partial charge in [-0.1, -0.05) is 6.42 Å². The van der Waals surface area contributed by atoms with Gasteiger partial charge in [-0.3, -0.25) is 4.55 Å². The van der Waals surface area contributed by atoms with E-state index in [4.69, 9.17) is 9.29 Å². The lowest BCUT2D eigenvalue weighted by atomic mass is 9.83. The summed E-state index contributed by atoms with van der Waals surface area (Å²) >= 11 is 0. The summed E-state index contributed by atoms with van der Waals surface area (Å²) in [6.07, 6.45) is 1.91. The summed E-state index contributed by atoms with van der Waals surface area (Å²) in [6, 6.07) is 0. The molecule has 18 heavy (non-hydrogen) atoms. The molecule has 0 heterocycles. The van der Waals surface area contributed by atoms with E-state index in [-0.39, 0.29) is 25.7 Å². The number of hydrogen-bond acceptors (Lipinski definition) is 3. The topological polar surface area (TPSA) is 75.6 Å². The Morgan fingerprint density at radius 3 is 2.67 bits per heavy atom. The van der Waals surface area contributed by atoms with E-state index in [1.165, 1.54) is 0 Å². The number of alkyl halides is 2. The molecule has 0 aromatic heterocycles. The van der Waals surface area contributed by atoms with Crippen molar-refractivity contribution in [2.75, 3.05) is 13.2 Å². The Hall–Kier alpha value is -0.310. The first-order valence-electron chi connectivity index (χ1n) is 5.90. The molecule has 0 aromatic rings. The molecule has 0 bridgehead atoms. The second kappa shape index (κ2) is 6.23. The molecule has 1 saturated carbocycles. The first-order valence-corrected chi connectivity index (χ1v) is 7.34. The van der Waals surface area contributed by atoms with Gasteiger partial charge in [0.2, 0.25) is 5.92 Å². The highest BCUT2D eigenvalue weighted by Gasteiger charge is 2.37. The van der Waals surface area contributed by atoms with Crippen LogP contribution in [0.2, 0.25) is 0 Å². The van der Waals surface area contributed by atoms with Crippen LogP contribution in [-0.2, 0) is 15.0 Å². The van der Waals surface area contributed by atoms with Crippen LogP contribution in [0, 0.1) is 5.92 Å². The fourth-order valence-electron chi connectivity index (χ4n) is 2.15. The number of nitrogens with one attached hydrogen (secondary N) is 1. The molecule has 2 atom stereocenters. The first-order chi connectivity index (χ1) is 8.18. The van der Waals surface area contributed by atoms with E-state index in [0.717, 1.165) is 6.92 Å². The van der Waals surface area contributed by atoms with Crippen molar-refractivity contribution in [3.63, 3.8) is 0 Å². The molecule has 108 valence electrons. The zero-order valence-corrected chi connectivity index (χ0v) is 11.0. The van der Waals surface area contributed by atoms with Gasteiger partial charge >= 0.3 is 10.3 Å². The van der Waals surface area contributed by atoms with Crippen molar-refractivity contribution in [3.05, 3.63) is 0 Å². The molecule has 0 saturated heterocycles. The maximum Gasteiger partial charge on any atom is 0.333 e. The SMILES string of the molecule is CC(F)(F)C1CCCC(OCCNS(=O)(=O)O)C1. The molecule has 0 aromatic carbocycles. The molecule has 5 nitrogen and oxygen atoms in total. The molecule has 1 rings (SSSR count). The first kappa shape index (κ1) is 15.7. The largest absolute Gasteiger partial charge is 0.377 e. The Morgan fingerprint density at radius 1 is 1.44 bits per heavy atom. The molecule has 1 fully saturated rings. The molecule has 0 spiro atoms. The van der Waals surface area contributed by atoms with E-state index in [1.807, 2.05) is 4.72 Å². The molecule has 1 aliphatic rings. The van der Waals surface area contributed by atoms with Gasteiger partial charge < -0.3 is 4.74 Å². The van der Waals surface area contributed by atoms with Crippen LogP contribution in [0.4, 0.5) is 8.78 Å². The third kappa shape index (κ3) is 6.03. The summed E-state index contributed by atoms with van der Waals surface area (Å²) < 4.78 is 62.6. The fourth-order valence-corrected chi connectivity index (χ4v) is 2.49. The van der Waals surface area contributed by atoms with Crippen LogP contribution in [0.1, 0.15) is 32.6 Å². The third-order valence-electron chi connectivity index (χ3n) is 3.08. The van der Waals surface area contributed by atoms with Crippen LogP contribution >= 0.6 is 0 Å². The van der Waals surface area contributed by atoms with E-state index in [9.17, 15) is 17.2 Å². The lowest BCUT2D eigenvalue weighted by Crippen LogP contribution is -2.34. The minimum absolute atomic E-state index is 0.0620. The minimum Gasteiger partial charge on any atom is -0.377 e. The van der Waals surface area contributed by atoms with Crippen LogP contribution in [0.5, 0.6) is 0 Å². The lowest BCUT2D eigenvalue weighted by molar-refractivity contribution is -0.0849. The molecule has 8 heteroatoms. The Labute approximate surface area is 106 Å². The van der Waals surface area contributed by atoms with Crippen LogP contribution in [-0.4, -0.2) is 38.1 Å². The molecule has 1 aliphatic carbocycles. The van der Waals surface area contributed by atoms with Gasteiger partial charge in [0, 0.05) is 12.5 Å². The summed E-state index contributed by atoms with van der Waals surface area (Å²) in [5, 5.41) is 0. The van der Waals surface area contributed by atoms with Gasteiger partial charge in [-0.2, -0.15) is 13.1 Å². The van der Waals surface area contributed by atoms with Crippen LogP contribution < -0.4 is 4.72 Å². The van der Waals surface area contributed by atoms with E-state index in [2.05, 4.69) is 0 Å². The Balaban J connectivity index is 2.27. The predicted molar refractivity (Wildman–Crippen MR) is 61.9 cm³/mol. The Bertz CT molecular complexity index is 355. The smallest absolute Gasteiger partial charge is 0.333 e. The third-order valence-corrected chi connectivity index (χ3v) is 3.65.